The van der Waals surface area contributed by atoms with Gasteiger partial charge in [-0.1, -0.05) is 11.6 Å². The smallest absolute Gasteiger partial charge is 0.252 e. The Morgan fingerprint density at radius 1 is 1.54 bits per heavy atom. The van der Waals surface area contributed by atoms with Gasteiger partial charge < -0.3 is 4.74 Å². The molecule has 0 saturated heterocycles. The van der Waals surface area contributed by atoms with Crippen molar-refractivity contribution < 1.29 is 13.9 Å². The van der Waals surface area contributed by atoms with Gasteiger partial charge in [-0.3, -0.25) is 4.79 Å². The van der Waals surface area contributed by atoms with Crippen molar-refractivity contribution in [3.63, 3.8) is 0 Å². The van der Waals surface area contributed by atoms with E-state index in [9.17, 15) is 9.18 Å². The van der Waals surface area contributed by atoms with Crippen molar-refractivity contribution in [1.29, 1.82) is 0 Å². The summed E-state index contributed by atoms with van der Waals surface area (Å²) in [5, 5.41) is -0.918. The van der Waals surface area contributed by atoms with Crippen molar-refractivity contribution in [2.45, 2.75) is 0 Å². The Hall–Kier alpha value is -0.800. The van der Waals surface area contributed by atoms with Crippen molar-refractivity contribution in [1.82, 2.24) is 0 Å². The summed E-state index contributed by atoms with van der Waals surface area (Å²) in [4.78, 5) is 10.7. The van der Waals surface area contributed by atoms with E-state index in [0.717, 1.165) is 6.07 Å². The molecule has 0 N–H and O–H groups in total. The fourth-order valence-electron chi connectivity index (χ4n) is 0.826. The molecule has 0 heterocycles. The molecule has 0 saturated carbocycles. The highest BCUT2D eigenvalue weighted by Crippen LogP contribution is 2.28. The van der Waals surface area contributed by atoms with Crippen molar-refractivity contribution >= 4 is 28.4 Å². The van der Waals surface area contributed by atoms with E-state index in [0.29, 0.717) is 0 Å². The zero-order chi connectivity index (χ0) is 10.0. The van der Waals surface area contributed by atoms with Gasteiger partial charge in [0.1, 0.15) is 16.6 Å². The number of hydrogen-bond donors (Lipinski definition) is 0. The number of carbonyl (C=O) groups is 1. The lowest BCUT2D eigenvalue weighted by molar-refractivity contribution is 0.108. The zero-order valence-electron chi connectivity index (χ0n) is 6.61. The molecule has 0 aliphatic carbocycles. The molecule has 1 rings (SSSR count). The molecule has 0 unspecified atom stereocenters. The summed E-state index contributed by atoms with van der Waals surface area (Å²) < 4.78 is 17.7. The first-order chi connectivity index (χ1) is 6.06. The maximum Gasteiger partial charge on any atom is 0.252 e. The lowest BCUT2D eigenvalue weighted by Crippen LogP contribution is -1.94. The van der Waals surface area contributed by atoms with E-state index in [4.69, 9.17) is 27.9 Å². The highest BCUT2D eigenvalue weighted by atomic mass is 35.5. The minimum Gasteiger partial charge on any atom is -0.495 e. The first kappa shape index (κ1) is 10.3. The number of carbonyl (C=O) groups excluding carboxylic acids is 1. The topological polar surface area (TPSA) is 26.3 Å². The molecular formula is C8H5Cl2FO2. The molecule has 0 aromatic heterocycles. The second-order valence-corrected chi connectivity index (χ2v) is 2.97. The molecule has 0 amide bonds. The molecule has 5 heteroatoms. The van der Waals surface area contributed by atoms with Crippen LogP contribution in [0.1, 0.15) is 10.4 Å². The fourth-order valence-corrected chi connectivity index (χ4v) is 1.12. The number of benzene rings is 1. The maximum atomic E-state index is 13.0. The first-order valence-corrected chi connectivity index (χ1v) is 4.04. The first-order valence-electron chi connectivity index (χ1n) is 3.29. The highest BCUT2D eigenvalue weighted by Gasteiger charge is 2.12. The minimum absolute atomic E-state index is 0.0143. The van der Waals surface area contributed by atoms with Crippen LogP contribution in [0.2, 0.25) is 5.02 Å². The largest absolute Gasteiger partial charge is 0.495 e. The second kappa shape index (κ2) is 3.94. The van der Waals surface area contributed by atoms with Gasteiger partial charge in [0.25, 0.3) is 5.24 Å². The third-order valence-corrected chi connectivity index (χ3v) is 2.03. The molecule has 0 aliphatic heterocycles. The average Bonchev–Trinajstić information content (AvgIpc) is 2.09. The quantitative estimate of drug-likeness (QED) is 0.720. The number of ether oxygens (including phenoxy) is 1. The SMILES string of the molecule is COc1cc(C(=O)Cl)cc(F)c1Cl. The summed E-state index contributed by atoms with van der Waals surface area (Å²) >= 11 is 10.7. The summed E-state index contributed by atoms with van der Waals surface area (Å²) in [6, 6.07) is 2.24. The van der Waals surface area contributed by atoms with E-state index >= 15 is 0 Å². The van der Waals surface area contributed by atoms with E-state index in [1.807, 2.05) is 0 Å². The molecule has 0 fully saturated rings. The van der Waals surface area contributed by atoms with Gasteiger partial charge in [-0.25, -0.2) is 4.39 Å². The van der Waals surface area contributed by atoms with Crippen molar-refractivity contribution in [3.05, 3.63) is 28.5 Å². The Bertz CT molecular complexity index is 352. The van der Waals surface area contributed by atoms with Gasteiger partial charge in [0.05, 0.1) is 7.11 Å². The Morgan fingerprint density at radius 3 is 2.62 bits per heavy atom. The van der Waals surface area contributed by atoms with Crippen LogP contribution in [0.25, 0.3) is 0 Å². The van der Waals surface area contributed by atoms with Crippen LogP contribution >= 0.6 is 23.2 Å². The van der Waals surface area contributed by atoms with E-state index in [1.165, 1.54) is 13.2 Å². The third-order valence-electron chi connectivity index (χ3n) is 1.44. The Labute approximate surface area is 84.2 Å². The summed E-state index contributed by atoms with van der Waals surface area (Å²) in [7, 11) is 1.32. The van der Waals surface area contributed by atoms with E-state index in [1.54, 1.807) is 0 Å². The highest BCUT2D eigenvalue weighted by molar-refractivity contribution is 6.67. The number of rotatable bonds is 2. The molecule has 70 valence electrons. The van der Waals surface area contributed by atoms with Gasteiger partial charge in [-0.15, -0.1) is 0 Å². The fraction of sp³-hybridized carbons (Fsp3) is 0.125. The summed E-state index contributed by atoms with van der Waals surface area (Å²) in [6.07, 6.45) is 0. The predicted octanol–water partition coefficient (Wildman–Crippen LogP) is 2.87. The Balaban J connectivity index is 3.30. The predicted molar refractivity (Wildman–Crippen MR) is 48.1 cm³/mol. The molecule has 2 nitrogen and oxygen atoms in total. The maximum absolute atomic E-state index is 13.0. The van der Waals surface area contributed by atoms with Crippen molar-refractivity contribution in [3.8, 4) is 5.75 Å². The third kappa shape index (κ3) is 2.11. The summed E-state index contributed by atoms with van der Waals surface area (Å²) in [5.74, 6) is -0.643. The lowest BCUT2D eigenvalue weighted by atomic mass is 10.2. The van der Waals surface area contributed by atoms with Crippen LogP contribution in [0.4, 0.5) is 4.39 Å². The lowest BCUT2D eigenvalue weighted by Gasteiger charge is -2.04. The minimum atomic E-state index is -0.756. The number of methoxy groups -OCH3 is 1. The van der Waals surface area contributed by atoms with Crippen molar-refractivity contribution in [2.75, 3.05) is 7.11 Å². The molecule has 0 radical (unpaired) electrons. The number of hydrogen-bond acceptors (Lipinski definition) is 2. The van der Waals surface area contributed by atoms with Crippen LogP contribution in [0.5, 0.6) is 5.75 Å². The zero-order valence-corrected chi connectivity index (χ0v) is 8.12. The Kier molecular flexibility index (Phi) is 3.12. The van der Waals surface area contributed by atoms with Crippen LogP contribution in [0, 0.1) is 5.82 Å². The standard InChI is InChI=1S/C8H5Cl2FO2/c1-13-6-3-4(8(10)12)2-5(11)7(6)9/h2-3H,1H3. The van der Waals surface area contributed by atoms with Gasteiger partial charge in [0.15, 0.2) is 0 Å². The monoisotopic (exact) mass is 222 g/mol. The van der Waals surface area contributed by atoms with Gasteiger partial charge in [-0.2, -0.15) is 0 Å². The average molecular weight is 223 g/mol. The van der Waals surface area contributed by atoms with Crippen LogP contribution in [-0.4, -0.2) is 12.4 Å². The molecule has 1 aromatic rings. The summed E-state index contributed by atoms with van der Waals surface area (Å²) in [6.45, 7) is 0. The van der Waals surface area contributed by atoms with Gasteiger partial charge in [0.2, 0.25) is 0 Å². The van der Waals surface area contributed by atoms with Crippen LogP contribution in [0.15, 0.2) is 12.1 Å². The molecule has 1 aromatic carbocycles. The van der Waals surface area contributed by atoms with Gasteiger partial charge in [0, 0.05) is 5.56 Å². The van der Waals surface area contributed by atoms with Crippen molar-refractivity contribution in [2.24, 2.45) is 0 Å². The molecular weight excluding hydrogens is 218 g/mol. The van der Waals surface area contributed by atoms with Gasteiger partial charge >= 0.3 is 0 Å². The summed E-state index contributed by atoms with van der Waals surface area (Å²) in [5.41, 5.74) is 0.0143. The molecule has 0 aliphatic rings. The van der Waals surface area contributed by atoms with Crippen LogP contribution in [-0.2, 0) is 0 Å². The van der Waals surface area contributed by atoms with E-state index in [2.05, 4.69) is 0 Å². The normalized spacial score (nSPS) is 9.85. The molecule has 0 bridgehead atoms. The van der Waals surface area contributed by atoms with Gasteiger partial charge in [-0.05, 0) is 23.7 Å². The van der Waals surface area contributed by atoms with Crippen LogP contribution < -0.4 is 4.74 Å². The second-order valence-electron chi connectivity index (χ2n) is 2.25. The van der Waals surface area contributed by atoms with Crippen LogP contribution in [0.3, 0.4) is 0 Å². The molecule has 13 heavy (non-hydrogen) atoms. The molecule has 0 atom stereocenters. The number of halogens is 3. The van der Waals surface area contributed by atoms with E-state index < -0.39 is 11.1 Å². The Morgan fingerprint density at radius 2 is 2.15 bits per heavy atom. The van der Waals surface area contributed by atoms with E-state index in [-0.39, 0.29) is 16.3 Å². The molecule has 0 spiro atoms.